The van der Waals surface area contributed by atoms with Crippen molar-refractivity contribution in [3.8, 4) is 0 Å². The second-order valence-electron chi connectivity index (χ2n) is 4.48. The van der Waals surface area contributed by atoms with E-state index in [-0.39, 0.29) is 23.9 Å². The number of hydrogen-bond donors (Lipinski definition) is 2. The van der Waals surface area contributed by atoms with Crippen molar-refractivity contribution >= 4 is 27.3 Å². The number of carboxylic acid groups (broad SMARTS) is 1. The topological polar surface area (TPSA) is 108 Å². The van der Waals surface area contributed by atoms with Gasteiger partial charge in [-0.2, -0.15) is 4.31 Å². The first-order chi connectivity index (χ1) is 9.95. The molecule has 9 heteroatoms. The summed E-state index contributed by atoms with van der Waals surface area (Å²) < 4.78 is 25.8. The fraction of sp³-hybridized carbons (Fsp3) is 0.667. The second kappa shape index (κ2) is 8.42. The van der Waals surface area contributed by atoms with Gasteiger partial charge in [-0.25, -0.2) is 18.2 Å². The third-order valence-electron chi connectivity index (χ3n) is 2.92. The van der Waals surface area contributed by atoms with Crippen LogP contribution in [0.1, 0.15) is 43.1 Å². The summed E-state index contributed by atoms with van der Waals surface area (Å²) in [5.74, 6) is -1.37. The summed E-state index contributed by atoms with van der Waals surface area (Å²) in [6.45, 7) is 1.96. The molecule has 0 bridgehead atoms. The highest BCUT2D eigenvalue weighted by molar-refractivity contribution is 7.91. The first-order valence-corrected chi connectivity index (χ1v) is 9.04. The number of unbranched alkanes of at least 4 members (excludes halogenated alkanes) is 3. The van der Waals surface area contributed by atoms with Gasteiger partial charge < -0.3 is 10.2 Å². The molecular formula is C12H20N2O5S2. The van der Waals surface area contributed by atoms with E-state index in [2.05, 4.69) is 11.9 Å². The summed E-state index contributed by atoms with van der Waals surface area (Å²) in [5, 5.41) is 18.0. The van der Waals surface area contributed by atoms with E-state index >= 15 is 0 Å². The van der Waals surface area contributed by atoms with Crippen molar-refractivity contribution < 1.29 is 23.4 Å². The molecule has 0 saturated heterocycles. The van der Waals surface area contributed by atoms with Gasteiger partial charge in [0.2, 0.25) is 0 Å². The lowest BCUT2D eigenvalue weighted by Crippen LogP contribution is -2.34. The molecule has 1 rings (SSSR count). The van der Waals surface area contributed by atoms with Crippen molar-refractivity contribution in [1.29, 1.82) is 0 Å². The van der Waals surface area contributed by atoms with Gasteiger partial charge in [0.15, 0.2) is 9.90 Å². The summed E-state index contributed by atoms with van der Waals surface area (Å²) >= 11 is 0.780. The molecule has 0 amide bonds. The SMILES string of the molecule is CCCCCCN(CCO)S(=O)(=O)c1scnc1C(=O)O. The molecule has 0 fully saturated rings. The number of carboxylic acids is 1. The molecule has 0 radical (unpaired) electrons. The van der Waals surface area contributed by atoms with Gasteiger partial charge in [0, 0.05) is 13.1 Å². The van der Waals surface area contributed by atoms with Gasteiger partial charge in [0.25, 0.3) is 10.0 Å². The number of nitrogens with zero attached hydrogens (tertiary/aromatic N) is 2. The third-order valence-corrected chi connectivity index (χ3v) is 6.17. The molecular weight excluding hydrogens is 316 g/mol. The number of rotatable bonds is 10. The molecule has 0 unspecified atom stereocenters. The normalized spacial score (nSPS) is 12.0. The Morgan fingerprint density at radius 3 is 2.62 bits per heavy atom. The molecule has 0 atom stereocenters. The monoisotopic (exact) mass is 336 g/mol. The van der Waals surface area contributed by atoms with E-state index in [1.807, 2.05) is 0 Å². The molecule has 1 aromatic heterocycles. The number of aromatic nitrogens is 1. The minimum atomic E-state index is -3.93. The van der Waals surface area contributed by atoms with Gasteiger partial charge >= 0.3 is 5.97 Å². The average Bonchev–Trinajstić information content (AvgIpc) is 2.92. The zero-order valence-corrected chi connectivity index (χ0v) is 13.5. The zero-order chi connectivity index (χ0) is 15.9. The van der Waals surface area contributed by atoms with E-state index in [0.717, 1.165) is 34.9 Å². The summed E-state index contributed by atoms with van der Waals surface area (Å²) in [7, 11) is -3.93. The average molecular weight is 336 g/mol. The summed E-state index contributed by atoms with van der Waals surface area (Å²) in [6, 6.07) is 0. The van der Waals surface area contributed by atoms with Crippen molar-refractivity contribution in [1.82, 2.24) is 9.29 Å². The molecule has 0 aromatic carbocycles. The van der Waals surface area contributed by atoms with Crippen LogP contribution in [0.15, 0.2) is 9.72 Å². The van der Waals surface area contributed by atoms with Gasteiger partial charge in [0.05, 0.1) is 12.1 Å². The highest BCUT2D eigenvalue weighted by Crippen LogP contribution is 2.24. The van der Waals surface area contributed by atoms with Crippen molar-refractivity contribution in [2.45, 2.75) is 36.8 Å². The Bertz CT molecular complexity index is 556. The number of sulfonamides is 1. The molecule has 0 aliphatic carbocycles. The fourth-order valence-corrected chi connectivity index (χ4v) is 4.60. The Labute approximate surface area is 128 Å². The van der Waals surface area contributed by atoms with E-state index in [1.165, 1.54) is 5.51 Å². The largest absolute Gasteiger partial charge is 0.476 e. The zero-order valence-electron chi connectivity index (χ0n) is 11.9. The molecule has 0 saturated carbocycles. The second-order valence-corrected chi connectivity index (χ2v) is 7.47. The van der Waals surface area contributed by atoms with E-state index < -0.39 is 21.7 Å². The molecule has 1 heterocycles. The smallest absolute Gasteiger partial charge is 0.356 e. The van der Waals surface area contributed by atoms with Crippen LogP contribution in [-0.4, -0.2) is 53.6 Å². The molecule has 2 N–H and O–H groups in total. The number of hydrogen-bond acceptors (Lipinski definition) is 6. The standard InChI is InChI=1S/C12H20N2O5S2/c1-2-3-4-5-6-14(7-8-15)21(18,19)12-10(11(16)17)13-9-20-12/h9,15H,2-8H2,1H3,(H,16,17). The molecule has 7 nitrogen and oxygen atoms in total. The molecule has 0 aliphatic rings. The first kappa shape index (κ1) is 18.0. The van der Waals surface area contributed by atoms with Crippen LogP contribution in [0.5, 0.6) is 0 Å². The van der Waals surface area contributed by atoms with E-state index in [4.69, 9.17) is 10.2 Å². The van der Waals surface area contributed by atoms with Gasteiger partial charge in [-0.05, 0) is 6.42 Å². The highest BCUT2D eigenvalue weighted by Gasteiger charge is 2.31. The van der Waals surface area contributed by atoms with Crippen LogP contribution in [-0.2, 0) is 10.0 Å². The van der Waals surface area contributed by atoms with Crippen LogP contribution in [0.4, 0.5) is 0 Å². The van der Waals surface area contributed by atoms with E-state index in [9.17, 15) is 13.2 Å². The lowest BCUT2D eigenvalue weighted by molar-refractivity contribution is 0.0687. The minimum Gasteiger partial charge on any atom is -0.476 e. The number of thiazole rings is 1. The predicted octanol–water partition coefficient (Wildman–Crippen LogP) is 1.40. The number of aliphatic hydroxyl groups excluding tert-OH is 1. The van der Waals surface area contributed by atoms with Gasteiger partial charge in [-0.3, -0.25) is 0 Å². The summed E-state index contributed by atoms with van der Waals surface area (Å²) in [4.78, 5) is 14.6. The van der Waals surface area contributed by atoms with Gasteiger partial charge in [0.1, 0.15) is 0 Å². The van der Waals surface area contributed by atoms with Gasteiger partial charge in [-0.15, -0.1) is 11.3 Å². The Hall–Kier alpha value is -1.03. The Balaban J connectivity index is 2.93. The Kier molecular flexibility index (Phi) is 7.23. The first-order valence-electron chi connectivity index (χ1n) is 6.73. The maximum Gasteiger partial charge on any atom is 0.356 e. The van der Waals surface area contributed by atoms with Crippen LogP contribution in [0.2, 0.25) is 0 Å². The van der Waals surface area contributed by atoms with E-state index in [0.29, 0.717) is 6.42 Å². The Morgan fingerprint density at radius 2 is 2.05 bits per heavy atom. The molecule has 1 aromatic rings. The number of carbonyl (C=O) groups is 1. The quantitative estimate of drug-likeness (QED) is 0.625. The highest BCUT2D eigenvalue weighted by atomic mass is 32.2. The van der Waals surface area contributed by atoms with Crippen LogP contribution >= 0.6 is 11.3 Å². The molecule has 21 heavy (non-hydrogen) atoms. The lowest BCUT2D eigenvalue weighted by Gasteiger charge is -2.20. The molecule has 0 aliphatic heterocycles. The molecule has 0 spiro atoms. The van der Waals surface area contributed by atoms with Crippen molar-refractivity contribution in [3.63, 3.8) is 0 Å². The van der Waals surface area contributed by atoms with Crippen LogP contribution < -0.4 is 0 Å². The van der Waals surface area contributed by atoms with Crippen LogP contribution in [0, 0.1) is 0 Å². The minimum absolute atomic E-state index is 0.0502. The Morgan fingerprint density at radius 1 is 1.33 bits per heavy atom. The van der Waals surface area contributed by atoms with Crippen molar-refractivity contribution in [2.75, 3.05) is 19.7 Å². The van der Waals surface area contributed by atoms with Crippen LogP contribution in [0.25, 0.3) is 0 Å². The van der Waals surface area contributed by atoms with Gasteiger partial charge in [-0.1, -0.05) is 26.2 Å². The predicted molar refractivity (Wildman–Crippen MR) is 79.1 cm³/mol. The van der Waals surface area contributed by atoms with Crippen molar-refractivity contribution in [3.05, 3.63) is 11.2 Å². The van der Waals surface area contributed by atoms with E-state index in [1.54, 1.807) is 0 Å². The fourth-order valence-electron chi connectivity index (χ4n) is 1.86. The number of aromatic carboxylic acids is 1. The maximum atomic E-state index is 12.5. The summed E-state index contributed by atoms with van der Waals surface area (Å²) in [6.07, 6.45) is 3.61. The maximum absolute atomic E-state index is 12.5. The summed E-state index contributed by atoms with van der Waals surface area (Å²) in [5.41, 5.74) is 0.737. The lowest BCUT2D eigenvalue weighted by atomic mass is 10.2. The number of aliphatic hydroxyl groups is 1. The van der Waals surface area contributed by atoms with Crippen molar-refractivity contribution in [2.24, 2.45) is 0 Å². The van der Waals surface area contributed by atoms with Crippen LogP contribution in [0.3, 0.4) is 0 Å². The third kappa shape index (κ3) is 4.73. The molecule has 120 valence electrons.